The van der Waals surface area contributed by atoms with Crippen LogP contribution in [0.1, 0.15) is 29.9 Å². The van der Waals surface area contributed by atoms with Gasteiger partial charge in [-0.3, -0.25) is 4.79 Å². The van der Waals surface area contributed by atoms with Crippen LogP contribution in [0.25, 0.3) is 11.6 Å². The van der Waals surface area contributed by atoms with Crippen LogP contribution in [-0.2, 0) is 4.79 Å². The van der Waals surface area contributed by atoms with Crippen molar-refractivity contribution in [3.63, 3.8) is 0 Å². The third-order valence-corrected chi connectivity index (χ3v) is 4.11. The summed E-state index contributed by atoms with van der Waals surface area (Å²) in [5.74, 6) is 1.20. The first-order valence-corrected chi connectivity index (χ1v) is 8.43. The number of nitrogens with one attached hydrogen (secondary N) is 1. The van der Waals surface area contributed by atoms with E-state index in [0.717, 1.165) is 16.9 Å². The van der Waals surface area contributed by atoms with Crippen LogP contribution in [-0.4, -0.2) is 13.0 Å². The lowest BCUT2D eigenvalue weighted by Gasteiger charge is -2.18. The van der Waals surface area contributed by atoms with Gasteiger partial charge >= 0.3 is 0 Å². The van der Waals surface area contributed by atoms with Crippen molar-refractivity contribution in [2.45, 2.75) is 13.0 Å². The minimum absolute atomic E-state index is 0.175. The lowest BCUT2D eigenvalue weighted by Crippen LogP contribution is -2.27. The van der Waals surface area contributed by atoms with Crippen LogP contribution in [0, 0.1) is 0 Å². The average Bonchev–Trinajstić information content (AvgIpc) is 3.20. The second-order valence-corrected chi connectivity index (χ2v) is 5.88. The topological polar surface area (TPSA) is 51.5 Å². The van der Waals surface area contributed by atoms with Gasteiger partial charge in [0.1, 0.15) is 11.5 Å². The highest BCUT2D eigenvalue weighted by Crippen LogP contribution is 2.26. The number of methoxy groups -OCH3 is 1. The molecule has 0 bridgehead atoms. The van der Waals surface area contributed by atoms with Crippen molar-refractivity contribution >= 4 is 17.6 Å². The van der Waals surface area contributed by atoms with Gasteiger partial charge in [-0.1, -0.05) is 48.5 Å². The first-order chi connectivity index (χ1) is 12.7. The number of carbonyl (C=O) groups excluding carboxylic acids is 1. The van der Waals surface area contributed by atoms with Crippen molar-refractivity contribution in [3.05, 3.63) is 89.9 Å². The molecular formula is C22H21NO3. The molecule has 3 aromatic rings. The number of carbonyl (C=O) groups is 1. The monoisotopic (exact) mass is 347 g/mol. The largest absolute Gasteiger partial charge is 0.496 e. The molecule has 0 spiro atoms. The highest BCUT2D eigenvalue weighted by atomic mass is 16.5. The molecule has 4 heteroatoms. The number of rotatable bonds is 6. The molecule has 0 aliphatic carbocycles. The molecule has 26 heavy (non-hydrogen) atoms. The van der Waals surface area contributed by atoms with Crippen molar-refractivity contribution in [3.8, 4) is 5.75 Å². The molecule has 0 aliphatic rings. The summed E-state index contributed by atoms with van der Waals surface area (Å²) in [4.78, 5) is 13.0. The lowest BCUT2D eigenvalue weighted by atomic mass is 10.0. The Kier molecular flexibility index (Phi) is 5.54. The van der Waals surface area contributed by atoms with Gasteiger partial charge in [0.25, 0.3) is 5.91 Å². The van der Waals surface area contributed by atoms with Gasteiger partial charge in [-0.15, -0.1) is 0 Å². The third-order valence-electron chi connectivity index (χ3n) is 4.11. The third kappa shape index (κ3) is 4.03. The summed E-state index contributed by atoms with van der Waals surface area (Å²) < 4.78 is 10.8. The highest BCUT2D eigenvalue weighted by molar-refractivity contribution is 6.24. The summed E-state index contributed by atoms with van der Waals surface area (Å²) >= 11 is 0. The van der Waals surface area contributed by atoms with E-state index in [-0.39, 0.29) is 11.9 Å². The molecule has 0 radical (unpaired) electrons. The van der Waals surface area contributed by atoms with E-state index in [1.807, 2.05) is 67.6 Å². The number of ether oxygens (including phenoxy) is 1. The van der Waals surface area contributed by atoms with Crippen molar-refractivity contribution in [1.29, 1.82) is 0 Å². The van der Waals surface area contributed by atoms with Gasteiger partial charge in [0, 0.05) is 5.56 Å². The number of furan rings is 1. The Balaban J connectivity index is 1.89. The Morgan fingerprint density at radius 3 is 2.46 bits per heavy atom. The zero-order valence-corrected chi connectivity index (χ0v) is 14.8. The molecule has 4 nitrogen and oxygen atoms in total. The molecule has 3 rings (SSSR count). The first kappa shape index (κ1) is 17.5. The van der Waals surface area contributed by atoms with Crippen molar-refractivity contribution in [2.24, 2.45) is 0 Å². The number of para-hydroxylation sites is 1. The van der Waals surface area contributed by atoms with Crippen LogP contribution in [0.2, 0.25) is 0 Å². The van der Waals surface area contributed by atoms with Gasteiger partial charge < -0.3 is 14.5 Å². The van der Waals surface area contributed by atoms with Crippen LogP contribution in [0.3, 0.4) is 0 Å². The fraction of sp³-hybridized carbons (Fsp3) is 0.136. The van der Waals surface area contributed by atoms with Crippen LogP contribution in [0.15, 0.2) is 77.4 Å². The summed E-state index contributed by atoms with van der Waals surface area (Å²) in [6, 6.07) is 20.6. The van der Waals surface area contributed by atoms with E-state index in [4.69, 9.17) is 9.15 Å². The molecule has 1 amide bonds. The first-order valence-electron chi connectivity index (χ1n) is 8.43. The number of hydrogen-bond acceptors (Lipinski definition) is 3. The Hall–Kier alpha value is -3.27. The molecule has 0 saturated heterocycles. The Labute approximate surface area is 153 Å². The Bertz CT molecular complexity index is 883. The van der Waals surface area contributed by atoms with E-state index < -0.39 is 0 Å². The predicted molar refractivity (Wildman–Crippen MR) is 103 cm³/mol. The van der Waals surface area contributed by atoms with Gasteiger partial charge in [0.05, 0.1) is 25.0 Å². The quantitative estimate of drug-likeness (QED) is 0.657. The molecular weight excluding hydrogens is 326 g/mol. The van der Waals surface area contributed by atoms with E-state index in [9.17, 15) is 4.79 Å². The molecule has 1 heterocycles. The Morgan fingerprint density at radius 1 is 1.04 bits per heavy atom. The van der Waals surface area contributed by atoms with Crippen molar-refractivity contribution in [2.75, 3.05) is 7.11 Å². The normalized spacial score (nSPS) is 12.5. The maximum atomic E-state index is 13.0. The van der Waals surface area contributed by atoms with Gasteiger partial charge in [0.15, 0.2) is 0 Å². The van der Waals surface area contributed by atoms with Gasteiger partial charge in [-0.2, -0.15) is 0 Å². The van der Waals surface area contributed by atoms with Crippen LogP contribution in [0.4, 0.5) is 0 Å². The minimum atomic E-state index is -0.206. The number of amides is 1. The summed E-state index contributed by atoms with van der Waals surface area (Å²) in [5.41, 5.74) is 2.30. The van der Waals surface area contributed by atoms with Gasteiger partial charge in [-0.25, -0.2) is 0 Å². The van der Waals surface area contributed by atoms with E-state index in [1.54, 1.807) is 25.5 Å². The molecule has 1 unspecified atom stereocenters. The molecule has 1 atom stereocenters. The number of benzene rings is 2. The maximum Gasteiger partial charge on any atom is 0.252 e. The summed E-state index contributed by atoms with van der Waals surface area (Å²) in [6.45, 7) is 1.94. The SMILES string of the molecule is COc1ccccc1C(C)NC(=O)/C(=C/c1ccco1)c1ccccc1. The van der Waals surface area contributed by atoms with Crippen molar-refractivity contribution in [1.82, 2.24) is 5.32 Å². The maximum absolute atomic E-state index is 13.0. The lowest BCUT2D eigenvalue weighted by molar-refractivity contribution is -0.116. The van der Waals surface area contributed by atoms with E-state index in [2.05, 4.69) is 5.32 Å². The smallest absolute Gasteiger partial charge is 0.252 e. The zero-order chi connectivity index (χ0) is 18.4. The van der Waals surface area contributed by atoms with E-state index in [1.165, 1.54) is 0 Å². The highest BCUT2D eigenvalue weighted by Gasteiger charge is 2.18. The van der Waals surface area contributed by atoms with Crippen molar-refractivity contribution < 1.29 is 13.9 Å². The zero-order valence-electron chi connectivity index (χ0n) is 14.8. The minimum Gasteiger partial charge on any atom is -0.496 e. The Morgan fingerprint density at radius 2 is 1.77 bits per heavy atom. The fourth-order valence-electron chi connectivity index (χ4n) is 2.79. The molecule has 0 aliphatic heterocycles. The predicted octanol–water partition coefficient (Wildman–Crippen LogP) is 4.71. The summed E-state index contributed by atoms with van der Waals surface area (Å²) in [6.07, 6.45) is 3.34. The summed E-state index contributed by atoms with van der Waals surface area (Å²) in [5, 5.41) is 3.05. The van der Waals surface area contributed by atoms with E-state index in [0.29, 0.717) is 11.3 Å². The molecule has 1 aromatic heterocycles. The second kappa shape index (κ2) is 8.21. The second-order valence-electron chi connectivity index (χ2n) is 5.88. The number of hydrogen-bond donors (Lipinski definition) is 1. The van der Waals surface area contributed by atoms with Gasteiger partial charge in [-0.05, 0) is 36.8 Å². The van der Waals surface area contributed by atoms with Crippen LogP contribution < -0.4 is 10.1 Å². The van der Waals surface area contributed by atoms with Crippen LogP contribution >= 0.6 is 0 Å². The van der Waals surface area contributed by atoms with Crippen LogP contribution in [0.5, 0.6) is 5.75 Å². The standard InChI is InChI=1S/C22H21NO3/c1-16(19-12-6-7-13-21(19)25-2)23-22(24)20(15-18-11-8-14-26-18)17-9-4-3-5-10-17/h3-16H,1-2H3,(H,23,24)/b20-15+. The molecule has 132 valence electrons. The molecule has 1 N–H and O–H groups in total. The van der Waals surface area contributed by atoms with E-state index >= 15 is 0 Å². The molecule has 0 saturated carbocycles. The summed E-state index contributed by atoms with van der Waals surface area (Å²) in [7, 11) is 1.62. The van der Waals surface area contributed by atoms with Gasteiger partial charge in [0.2, 0.25) is 0 Å². The molecule has 0 fully saturated rings. The fourth-order valence-corrected chi connectivity index (χ4v) is 2.79. The molecule has 2 aromatic carbocycles. The average molecular weight is 347 g/mol.